The number of aromatic nitrogens is 5. The van der Waals surface area contributed by atoms with Crippen LogP contribution < -0.4 is 25.4 Å². The van der Waals surface area contributed by atoms with Gasteiger partial charge in [0.1, 0.15) is 18.6 Å². The zero-order valence-corrected chi connectivity index (χ0v) is 16.7. The molecule has 0 radical (unpaired) electrons. The summed E-state index contributed by atoms with van der Waals surface area (Å²) in [5, 5.41) is 21.3. The van der Waals surface area contributed by atoms with Gasteiger partial charge in [-0.05, 0) is 12.1 Å². The van der Waals surface area contributed by atoms with Gasteiger partial charge >= 0.3 is 0 Å². The molecule has 1 amide bonds. The zero-order valence-electron chi connectivity index (χ0n) is 16.7. The molecule has 4 rings (SSSR count). The Morgan fingerprint density at radius 3 is 2.90 bits per heavy atom. The molecule has 1 aliphatic heterocycles. The molecule has 0 bridgehead atoms. The first-order chi connectivity index (χ1) is 14.5. The van der Waals surface area contributed by atoms with Crippen molar-refractivity contribution in [2.24, 2.45) is 7.05 Å². The standard InChI is InChI=1S/C19H20N8O3/c1-10-8-30-16-13(14(19(28)20-2)24-25-18(16)22-10)23-12-7-5-6-11(15(12)29-4)17-21-9-27(3)26-17/h5-7,9H,1,8H2,2-4H3,(H,20,28)(H2,22,23,25). The topological polar surface area (TPSA) is 128 Å². The Hall–Kier alpha value is -4.15. The molecule has 1 aromatic carbocycles. The lowest BCUT2D eigenvalue weighted by atomic mass is 10.1. The van der Waals surface area contributed by atoms with E-state index in [9.17, 15) is 4.79 Å². The van der Waals surface area contributed by atoms with Crippen LogP contribution in [-0.4, -0.2) is 51.6 Å². The van der Waals surface area contributed by atoms with Gasteiger partial charge in [0.15, 0.2) is 28.8 Å². The van der Waals surface area contributed by atoms with Gasteiger partial charge in [0.2, 0.25) is 0 Å². The molecule has 0 aliphatic carbocycles. The summed E-state index contributed by atoms with van der Waals surface area (Å²) in [4.78, 5) is 16.7. The fraction of sp³-hybridized carbons (Fsp3) is 0.211. The van der Waals surface area contributed by atoms with E-state index in [-0.39, 0.29) is 12.3 Å². The summed E-state index contributed by atoms with van der Waals surface area (Å²) in [5.41, 5.74) is 2.33. The van der Waals surface area contributed by atoms with E-state index in [2.05, 4.69) is 42.8 Å². The van der Waals surface area contributed by atoms with Crippen LogP contribution in [0.1, 0.15) is 10.5 Å². The molecule has 0 unspecified atom stereocenters. The van der Waals surface area contributed by atoms with Crippen molar-refractivity contribution in [3.05, 3.63) is 42.5 Å². The zero-order chi connectivity index (χ0) is 21.3. The number of ether oxygens (including phenoxy) is 2. The molecule has 0 atom stereocenters. The molecular formula is C19H20N8O3. The monoisotopic (exact) mass is 408 g/mol. The van der Waals surface area contributed by atoms with E-state index in [1.165, 1.54) is 7.05 Å². The van der Waals surface area contributed by atoms with E-state index in [1.807, 2.05) is 12.1 Å². The van der Waals surface area contributed by atoms with Crippen LogP contribution in [-0.2, 0) is 7.05 Å². The Labute approximate surface area is 172 Å². The van der Waals surface area contributed by atoms with Gasteiger partial charge in [-0.15, -0.1) is 10.2 Å². The SMILES string of the molecule is C=C1COc2c(nnc(C(=O)NC)c2Nc2cccc(-c3ncn(C)n3)c2OC)N1. The molecule has 0 saturated carbocycles. The minimum atomic E-state index is -0.415. The largest absolute Gasteiger partial charge is 0.494 e. The summed E-state index contributed by atoms with van der Waals surface area (Å²) in [6.07, 6.45) is 1.61. The molecule has 3 aromatic rings. The number of anilines is 3. The Bertz CT molecular complexity index is 1140. The summed E-state index contributed by atoms with van der Waals surface area (Å²) in [5.74, 6) is 1.32. The van der Waals surface area contributed by atoms with Crippen molar-refractivity contribution in [3.8, 4) is 22.9 Å². The molecule has 0 fully saturated rings. The summed E-state index contributed by atoms with van der Waals surface area (Å²) < 4.78 is 13.0. The minimum absolute atomic E-state index is 0.0778. The second-order valence-electron chi connectivity index (χ2n) is 6.45. The Balaban J connectivity index is 1.84. The number of hydrogen-bond donors (Lipinski definition) is 3. The highest BCUT2D eigenvalue weighted by Crippen LogP contribution is 2.42. The summed E-state index contributed by atoms with van der Waals surface area (Å²) in [6.45, 7) is 4.07. The fourth-order valence-corrected chi connectivity index (χ4v) is 3.03. The Kier molecular flexibility index (Phi) is 4.92. The maximum absolute atomic E-state index is 12.4. The van der Waals surface area contributed by atoms with Crippen molar-refractivity contribution in [2.75, 3.05) is 31.4 Å². The Morgan fingerprint density at radius 1 is 1.37 bits per heavy atom. The third-order valence-corrected chi connectivity index (χ3v) is 4.38. The molecule has 11 nitrogen and oxygen atoms in total. The maximum atomic E-state index is 12.4. The average molecular weight is 408 g/mol. The van der Waals surface area contributed by atoms with Gasteiger partial charge in [-0.2, -0.15) is 5.10 Å². The number of methoxy groups -OCH3 is 1. The fourth-order valence-electron chi connectivity index (χ4n) is 3.03. The van der Waals surface area contributed by atoms with Gasteiger partial charge in [-0.1, -0.05) is 12.6 Å². The summed E-state index contributed by atoms with van der Waals surface area (Å²) >= 11 is 0. The van der Waals surface area contributed by atoms with Crippen LogP contribution in [0.5, 0.6) is 11.5 Å². The quantitative estimate of drug-likeness (QED) is 0.578. The highest BCUT2D eigenvalue weighted by Gasteiger charge is 2.26. The predicted octanol–water partition coefficient (Wildman–Crippen LogP) is 1.70. The van der Waals surface area contributed by atoms with Crippen LogP contribution in [0.3, 0.4) is 0 Å². The molecule has 0 saturated heterocycles. The Morgan fingerprint density at radius 2 is 2.20 bits per heavy atom. The first kappa shape index (κ1) is 19.2. The maximum Gasteiger partial charge on any atom is 0.273 e. The molecule has 2 aromatic heterocycles. The van der Waals surface area contributed by atoms with Crippen molar-refractivity contribution in [2.45, 2.75) is 0 Å². The van der Waals surface area contributed by atoms with Gasteiger partial charge in [0, 0.05) is 19.8 Å². The van der Waals surface area contributed by atoms with Gasteiger partial charge in [0.05, 0.1) is 18.4 Å². The molecule has 3 N–H and O–H groups in total. The third-order valence-electron chi connectivity index (χ3n) is 4.38. The van der Waals surface area contributed by atoms with Crippen molar-refractivity contribution in [1.82, 2.24) is 30.3 Å². The van der Waals surface area contributed by atoms with Crippen molar-refractivity contribution < 1.29 is 14.3 Å². The lowest BCUT2D eigenvalue weighted by molar-refractivity contribution is 0.0957. The predicted molar refractivity (Wildman–Crippen MR) is 110 cm³/mol. The van der Waals surface area contributed by atoms with Crippen LogP contribution in [0, 0.1) is 0 Å². The van der Waals surface area contributed by atoms with Gasteiger partial charge in [-0.3, -0.25) is 9.48 Å². The van der Waals surface area contributed by atoms with E-state index in [0.29, 0.717) is 45.8 Å². The molecule has 3 heterocycles. The van der Waals surface area contributed by atoms with Crippen LogP contribution >= 0.6 is 0 Å². The highest BCUT2D eigenvalue weighted by atomic mass is 16.5. The number of carbonyl (C=O) groups is 1. The number of para-hydroxylation sites is 1. The lowest BCUT2D eigenvalue weighted by Gasteiger charge is -2.24. The second kappa shape index (κ2) is 7.70. The molecular weight excluding hydrogens is 388 g/mol. The third kappa shape index (κ3) is 3.36. The van der Waals surface area contributed by atoms with E-state index < -0.39 is 5.91 Å². The van der Waals surface area contributed by atoms with E-state index in [0.717, 1.165) is 0 Å². The van der Waals surface area contributed by atoms with E-state index in [4.69, 9.17) is 9.47 Å². The van der Waals surface area contributed by atoms with E-state index in [1.54, 1.807) is 31.2 Å². The number of hydrogen-bond acceptors (Lipinski definition) is 9. The number of benzene rings is 1. The number of nitrogens with one attached hydrogen (secondary N) is 3. The van der Waals surface area contributed by atoms with Crippen LogP contribution in [0.15, 0.2) is 36.8 Å². The summed E-state index contributed by atoms with van der Waals surface area (Å²) in [6, 6.07) is 5.49. The summed E-state index contributed by atoms with van der Waals surface area (Å²) in [7, 11) is 4.85. The number of nitrogens with zero attached hydrogens (tertiary/aromatic N) is 5. The average Bonchev–Trinajstić information content (AvgIpc) is 3.19. The molecule has 0 spiro atoms. The second-order valence-corrected chi connectivity index (χ2v) is 6.45. The van der Waals surface area contributed by atoms with Gasteiger partial charge in [-0.25, -0.2) is 4.98 Å². The minimum Gasteiger partial charge on any atom is -0.494 e. The molecule has 11 heteroatoms. The normalized spacial score (nSPS) is 12.4. The smallest absolute Gasteiger partial charge is 0.273 e. The van der Waals surface area contributed by atoms with Crippen LogP contribution in [0.4, 0.5) is 17.2 Å². The highest BCUT2D eigenvalue weighted by molar-refractivity contribution is 6.01. The number of aryl methyl sites for hydroxylation is 1. The van der Waals surface area contributed by atoms with Crippen molar-refractivity contribution >= 4 is 23.1 Å². The number of carbonyl (C=O) groups excluding carboxylic acids is 1. The van der Waals surface area contributed by atoms with Gasteiger partial charge < -0.3 is 25.4 Å². The molecule has 30 heavy (non-hydrogen) atoms. The lowest BCUT2D eigenvalue weighted by Crippen LogP contribution is -2.24. The van der Waals surface area contributed by atoms with Crippen LogP contribution in [0.25, 0.3) is 11.4 Å². The van der Waals surface area contributed by atoms with Gasteiger partial charge in [0.25, 0.3) is 5.91 Å². The first-order valence-electron chi connectivity index (χ1n) is 9.02. The van der Waals surface area contributed by atoms with Crippen molar-refractivity contribution in [1.29, 1.82) is 0 Å². The van der Waals surface area contributed by atoms with Crippen LogP contribution in [0.2, 0.25) is 0 Å². The molecule has 1 aliphatic rings. The first-order valence-corrected chi connectivity index (χ1v) is 9.02. The number of fused-ring (bicyclic) bond motifs is 1. The number of amides is 1. The molecule has 154 valence electrons. The van der Waals surface area contributed by atoms with Crippen molar-refractivity contribution in [3.63, 3.8) is 0 Å². The van der Waals surface area contributed by atoms with E-state index >= 15 is 0 Å². The number of rotatable bonds is 5.